The van der Waals surface area contributed by atoms with Crippen LogP contribution in [-0.2, 0) is 9.53 Å². The minimum Gasteiger partial charge on any atom is -0.479 e. The summed E-state index contributed by atoms with van der Waals surface area (Å²) in [5.74, 6) is 0.379. The predicted octanol–water partition coefficient (Wildman–Crippen LogP) is 2.72. The molecule has 16 heavy (non-hydrogen) atoms. The molecule has 0 radical (unpaired) electrons. The molecule has 0 aromatic heterocycles. The second-order valence-electron chi connectivity index (χ2n) is 3.74. The lowest BCUT2D eigenvalue weighted by Gasteiger charge is -2.13. The van der Waals surface area contributed by atoms with Crippen LogP contribution in [0.5, 0.6) is 5.75 Å². The summed E-state index contributed by atoms with van der Waals surface area (Å²) in [6, 6.07) is 7.60. The first-order chi connectivity index (χ1) is 7.63. The first-order valence-electron chi connectivity index (χ1n) is 5.53. The average molecular weight is 222 g/mol. The molecule has 1 atom stereocenters. The fraction of sp³-hybridized carbons (Fsp3) is 0.462. The van der Waals surface area contributed by atoms with Crippen LogP contribution in [0.2, 0.25) is 0 Å². The highest BCUT2D eigenvalue weighted by atomic mass is 16.6. The van der Waals surface area contributed by atoms with Crippen LogP contribution in [0.15, 0.2) is 24.3 Å². The zero-order chi connectivity index (χ0) is 12.0. The van der Waals surface area contributed by atoms with Gasteiger partial charge in [0.1, 0.15) is 5.75 Å². The largest absolute Gasteiger partial charge is 0.479 e. The van der Waals surface area contributed by atoms with Crippen LogP contribution < -0.4 is 4.74 Å². The highest BCUT2D eigenvalue weighted by Gasteiger charge is 2.15. The minimum absolute atomic E-state index is 0.316. The summed E-state index contributed by atoms with van der Waals surface area (Å²) in [6.07, 6.45) is 0.261. The van der Waals surface area contributed by atoms with Gasteiger partial charge in [-0.05, 0) is 38.0 Å². The van der Waals surface area contributed by atoms with Gasteiger partial charge in [-0.2, -0.15) is 0 Å². The van der Waals surface area contributed by atoms with E-state index in [1.54, 1.807) is 6.92 Å². The van der Waals surface area contributed by atoms with Crippen molar-refractivity contribution in [3.63, 3.8) is 0 Å². The molecule has 0 heterocycles. The maximum Gasteiger partial charge on any atom is 0.347 e. The van der Waals surface area contributed by atoms with Gasteiger partial charge in [-0.1, -0.05) is 19.1 Å². The van der Waals surface area contributed by atoms with E-state index in [0.29, 0.717) is 12.4 Å². The van der Waals surface area contributed by atoms with Crippen LogP contribution in [0.3, 0.4) is 0 Å². The molecule has 0 fully saturated rings. The molecule has 1 aromatic carbocycles. The van der Waals surface area contributed by atoms with Gasteiger partial charge < -0.3 is 9.47 Å². The number of hydrogen-bond acceptors (Lipinski definition) is 3. The van der Waals surface area contributed by atoms with Gasteiger partial charge in [-0.15, -0.1) is 0 Å². The van der Waals surface area contributed by atoms with Crippen molar-refractivity contribution < 1.29 is 14.3 Å². The highest BCUT2D eigenvalue weighted by Crippen LogP contribution is 2.14. The number of carbonyl (C=O) groups is 1. The molecule has 1 aromatic rings. The Hall–Kier alpha value is -1.51. The molecule has 0 N–H and O–H groups in total. The highest BCUT2D eigenvalue weighted by molar-refractivity contribution is 5.74. The third-order valence-electron chi connectivity index (χ3n) is 2.08. The zero-order valence-corrected chi connectivity index (χ0v) is 10.0. The van der Waals surface area contributed by atoms with E-state index in [4.69, 9.17) is 9.47 Å². The molecule has 3 nitrogen and oxygen atoms in total. The number of carbonyl (C=O) groups excluding carboxylic acids is 1. The van der Waals surface area contributed by atoms with Gasteiger partial charge in [-0.25, -0.2) is 4.79 Å². The van der Waals surface area contributed by atoms with E-state index in [0.717, 1.165) is 12.0 Å². The Labute approximate surface area is 96.4 Å². The predicted molar refractivity (Wildman–Crippen MR) is 62.5 cm³/mol. The fourth-order valence-corrected chi connectivity index (χ4v) is 1.26. The Kier molecular flexibility index (Phi) is 4.83. The lowest BCUT2D eigenvalue weighted by Crippen LogP contribution is -2.26. The van der Waals surface area contributed by atoms with E-state index in [-0.39, 0.29) is 5.97 Å². The van der Waals surface area contributed by atoms with Crippen molar-refractivity contribution in [1.82, 2.24) is 0 Å². The van der Waals surface area contributed by atoms with Crippen molar-refractivity contribution in [3.8, 4) is 5.75 Å². The van der Waals surface area contributed by atoms with Gasteiger partial charge >= 0.3 is 5.97 Å². The first kappa shape index (κ1) is 12.6. The molecule has 1 unspecified atom stereocenters. The molecule has 88 valence electrons. The van der Waals surface area contributed by atoms with E-state index in [1.807, 2.05) is 38.1 Å². The van der Waals surface area contributed by atoms with E-state index >= 15 is 0 Å². The topological polar surface area (TPSA) is 35.5 Å². The van der Waals surface area contributed by atoms with Crippen LogP contribution in [-0.4, -0.2) is 18.7 Å². The maximum absolute atomic E-state index is 11.4. The molecular weight excluding hydrogens is 204 g/mol. The Morgan fingerprint density at radius 1 is 1.44 bits per heavy atom. The van der Waals surface area contributed by atoms with Crippen LogP contribution in [0.25, 0.3) is 0 Å². The van der Waals surface area contributed by atoms with Crippen LogP contribution in [0, 0.1) is 6.92 Å². The van der Waals surface area contributed by atoms with Crippen LogP contribution >= 0.6 is 0 Å². The van der Waals surface area contributed by atoms with E-state index in [2.05, 4.69) is 0 Å². The summed E-state index contributed by atoms with van der Waals surface area (Å²) in [5.41, 5.74) is 1.10. The molecule has 0 aliphatic carbocycles. The van der Waals surface area contributed by atoms with Gasteiger partial charge in [-0.3, -0.25) is 0 Å². The van der Waals surface area contributed by atoms with Gasteiger partial charge in [0, 0.05) is 0 Å². The summed E-state index contributed by atoms with van der Waals surface area (Å²) in [7, 11) is 0. The third kappa shape index (κ3) is 3.93. The van der Waals surface area contributed by atoms with E-state index < -0.39 is 6.10 Å². The molecule has 1 rings (SSSR count). The van der Waals surface area contributed by atoms with Gasteiger partial charge in [0.05, 0.1) is 6.61 Å². The average Bonchev–Trinajstić information content (AvgIpc) is 2.25. The maximum atomic E-state index is 11.4. The molecular formula is C13H18O3. The summed E-state index contributed by atoms with van der Waals surface area (Å²) in [4.78, 5) is 11.4. The first-order valence-corrected chi connectivity index (χ1v) is 5.53. The molecule has 0 bridgehead atoms. The van der Waals surface area contributed by atoms with E-state index in [9.17, 15) is 4.79 Å². The van der Waals surface area contributed by atoms with Gasteiger partial charge in [0.2, 0.25) is 0 Å². The quantitative estimate of drug-likeness (QED) is 0.718. The Morgan fingerprint density at radius 2 is 2.19 bits per heavy atom. The number of rotatable bonds is 5. The molecule has 0 aliphatic heterocycles. The van der Waals surface area contributed by atoms with E-state index in [1.165, 1.54) is 0 Å². The number of benzene rings is 1. The van der Waals surface area contributed by atoms with Crippen molar-refractivity contribution in [1.29, 1.82) is 0 Å². The lowest BCUT2D eigenvalue weighted by molar-refractivity contribution is -0.151. The van der Waals surface area contributed by atoms with Crippen molar-refractivity contribution in [2.75, 3.05) is 6.61 Å². The van der Waals surface area contributed by atoms with Crippen molar-refractivity contribution >= 4 is 5.97 Å². The Balaban J connectivity index is 2.50. The SMILES string of the molecule is CCCOC(=O)C(C)Oc1cccc(C)c1. The fourth-order valence-electron chi connectivity index (χ4n) is 1.26. The van der Waals surface area contributed by atoms with Crippen molar-refractivity contribution in [2.45, 2.75) is 33.3 Å². The second-order valence-corrected chi connectivity index (χ2v) is 3.74. The Bertz CT molecular complexity index is 347. The number of ether oxygens (including phenoxy) is 2. The van der Waals surface area contributed by atoms with Crippen LogP contribution in [0.4, 0.5) is 0 Å². The number of esters is 1. The van der Waals surface area contributed by atoms with Gasteiger partial charge in [0.15, 0.2) is 6.10 Å². The minimum atomic E-state index is -0.562. The molecule has 0 saturated carbocycles. The number of hydrogen-bond donors (Lipinski definition) is 0. The number of aryl methyl sites for hydroxylation is 1. The zero-order valence-electron chi connectivity index (χ0n) is 10.0. The molecule has 0 spiro atoms. The van der Waals surface area contributed by atoms with Crippen molar-refractivity contribution in [2.24, 2.45) is 0 Å². The monoisotopic (exact) mass is 222 g/mol. The lowest BCUT2D eigenvalue weighted by atomic mass is 10.2. The van der Waals surface area contributed by atoms with Crippen LogP contribution in [0.1, 0.15) is 25.8 Å². The third-order valence-corrected chi connectivity index (χ3v) is 2.08. The Morgan fingerprint density at radius 3 is 2.81 bits per heavy atom. The smallest absolute Gasteiger partial charge is 0.347 e. The normalized spacial score (nSPS) is 11.9. The standard InChI is InChI=1S/C13H18O3/c1-4-8-15-13(14)11(3)16-12-7-5-6-10(2)9-12/h5-7,9,11H,4,8H2,1-3H3. The summed E-state index contributed by atoms with van der Waals surface area (Å²) < 4.78 is 10.5. The summed E-state index contributed by atoms with van der Waals surface area (Å²) in [6.45, 7) is 6.08. The summed E-state index contributed by atoms with van der Waals surface area (Å²) >= 11 is 0. The molecule has 3 heteroatoms. The molecule has 0 saturated heterocycles. The van der Waals surface area contributed by atoms with Gasteiger partial charge in [0.25, 0.3) is 0 Å². The van der Waals surface area contributed by atoms with Crippen molar-refractivity contribution in [3.05, 3.63) is 29.8 Å². The molecule has 0 amide bonds. The second kappa shape index (κ2) is 6.16. The molecule has 0 aliphatic rings. The summed E-state index contributed by atoms with van der Waals surface area (Å²) in [5, 5.41) is 0.